The first-order valence-electron chi connectivity index (χ1n) is 8.43. The summed E-state index contributed by atoms with van der Waals surface area (Å²) in [6.45, 7) is 6.04. The van der Waals surface area contributed by atoms with Gasteiger partial charge < -0.3 is 10.6 Å². The highest BCUT2D eigenvalue weighted by atomic mass is 32.2. The first-order chi connectivity index (χ1) is 12.2. The molecule has 8 heteroatoms. The SMILES string of the molecule is Cc1cc(C)c(Nc2nccc(C(=O)NC3CCS(=O)(=O)C3)n2)c(C)c1. The highest BCUT2D eigenvalue weighted by Gasteiger charge is 2.29. The van der Waals surface area contributed by atoms with E-state index in [0.717, 1.165) is 16.8 Å². The van der Waals surface area contributed by atoms with Gasteiger partial charge in [0.2, 0.25) is 5.95 Å². The van der Waals surface area contributed by atoms with E-state index in [4.69, 9.17) is 0 Å². The summed E-state index contributed by atoms with van der Waals surface area (Å²) in [6, 6.07) is 5.28. The normalized spacial score (nSPS) is 18.5. The van der Waals surface area contributed by atoms with E-state index in [1.54, 1.807) is 0 Å². The monoisotopic (exact) mass is 374 g/mol. The van der Waals surface area contributed by atoms with Crippen molar-refractivity contribution in [2.75, 3.05) is 16.8 Å². The van der Waals surface area contributed by atoms with Crippen LogP contribution in [0.1, 0.15) is 33.6 Å². The van der Waals surface area contributed by atoms with Gasteiger partial charge in [-0.15, -0.1) is 0 Å². The summed E-state index contributed by atoms with van der Waals surface area (Å²) in [5.41, 5.74) is 4.42. The Balaban J connectivity index is 1.75. The Labute approximate surface area is 153 Å². The van der Waals surface area contributed by atoms with Crippen LogP contribution >= 0.6 is 0 Å². The molecule has 1 atom stereocenters. The lowest BCUT2D eigenvalue weighted by atomic mass is 10.1. The zero-order valence-electron chi connectivity index (χ0n) is 15.0. The maximum atomic E-state index is 12.4. The molecule has 3 rings (SSSR count). The molecule has 2 aromatic rings. The third kappa shape index (κ3) is 4.19. The van der Waals surface area contributed by atoms with E-state index >= 15 is 0 Å². The second kappa shape index (κ2) is 7.03. The minimum Gasteiger partial charge on any atom is -0.347 e. The Morgan fingerprint density at radius 1 is 1.19 bits per heavy atom. The smallest absolute Gasteiger partial charge is 0.270 e. The molecule has 0 radical (unpaired) electrons. The van der Waals surface area contributed by atoms with Crippen molar-refractivity contribution in [2.45, 2.75) is 33.2 Å². The molecule has 0 saturated carbocycles. The molecule has 26 heavy (non-hydrogen) atoms. The fourth-order valence-corrected chi connectivity index (χ4v) is 4.88. The van der Waals surface area contributed by atoms with Crippen molar-refractivity contribution in [3.05, 3.63) is 46.8 Å². The molecule has 1 aliphatic rings. The summed E-state index contributed by atoms with van der Waals surface area (Å²) in [6.07, 6.45) is 1.94. The topological polar surface area (TPSA) is 101 Å². The van der Waals surface area contributed by atoms with Crippen molar-refractivity contribution in [1.29, 1.82) is 0 Å². The maximum absolute atomic E-state index is 12.4. The lowest BCUT2D eigenvalue weighted by Crippen LogP contribution is -2.36. The van der Waals surface area contributed by atoms with Crippen molar-refractivity contribution < 1.29 is 13.2 Å². The molecule has 0 spiro atoms. The Morgan fingerprint density at radius 2 is 1.88 bits per heavy atom. The number of amides is 1. The van der Waals surface area contributed by atoms with Crippen LogP contribution in [0, 0.1) is 20.8 Å². The number of sulfone groups is 1. The third-order valence-electron chi connectivity index (χ3n) is 4.37. The Morgan fingerprint density at radius 3 is 2.50 bits per heavy atom. The molecule has 7 nitrogen and oxygen atoms in total. The molecular formula is C18H22N4O3S. The summed E-state index contributed by atoms with van der Waals surface area (Å²) in [5.74, 6) is 0.0265. The highest BCUT2D eigenvalue weighted by molar-refractivity contribution is 7.91. The van der Waals surface area contributed by atoms with Crippen molar-refractivity contribution in [3.8, 4) is 0 Å². The van der Waals surface area contributed by atoms with Crippen molar-refractivity contribution in [3.63, 3.8) is 0 Å². The molecule has 138 valence electrons. The van der Waals surface area contributed by atoms with Crippen LogP contribution in [0.5, 0.6) is 0 Å². The van der Waals surface area contributed by atoms with Gasteiger partial charge in [-0.25, -0.2) is 18.4 Å². The van der Waals surface area contributed by atoms with Crippen LogP contribution in [-0.4, -0.2) is 41.8 Å². The average molecular weight is 374 g/mol. The molecule has 1 aromatic carbocycles. The Hall–Kier alpha value is -2.48. The molecule has 1 aromatic heterocycles. The van der Waals surface area contributed by atoms with Gasteiger partial charge in [0.15, 0.2) is 9.84 Å². The van der Waals surface area contributed by atoms with E-state index in [1.165, 1.54) is 17.8 Å². The number of nitrogens with one attached hydrogen (secondary N) is 2. The van der Waals surface area contributed by atoms with Gasteiger partial charge in [-0.3, -0.25) is 4.79 Å². The summed E-state index contributed by atoms with van der Waals surface area (Å²) in [4.78, 5) is 20.8. The lowest BCUT2D eigenvalue weighted by Gasteiger charge is -2.14. The number of hydrogen-bond acceptors (Lipinski definition) is 6. The molecule has 2 heterocycles. The highest BCUT2D eigenvalue weighted by Crippen LogP contribution is 2.24. The second-order valence-electron chi connectivity index (χ2n) is 6.74. The number of benzene rings is 1. The number of nitrogens with zero attached hydrogens (tertiary/aromatic N) is 2. The zero-order chi connectivity index (χ0) is 18.9. The van der Waals surface area contributed by atoms with Crippen molar-refractivity contribution >= 4 is 27.4 Å². The quantitative estimate of drug-likeness (QED) is 0.849. The van der Waals surface area contributed by atoms with Gasteiger partial charge in [0.1, 0.15) is 5.69 Å². The zero-order valence-corrected chi connectivity index (χ0v) is 15.9. The summed E-state index contributed by atoms with van der Waals surface area (Å²) in [7, 11) is -3.05. The van der Waals surface area contributed by atoms with Gasteiger partial charge in [-0.05, 0) is 44.4 Å². The predicted octanol–water partition coefficient (Wildman–Crippen LogP) is 2.06. The van der Waals surface area contributed by atoms with Gasteiger partial charge in [-0.1, -0.05) is 17.7 Å². The van der Waals surface area contributed by atoms with Crippen LogP contribution in [0.15, 0.2) is 24.4 Å². The van der Waals surface area contributed by atoms with Gasteiger partial charge >= 0.3 is 0 Å². The number of carbonyl (C=O) groups excluding carboxylic acids is 1. The number of carbonyl (C=O) groups is 1. The summed E-state index contributed by atoms with van der Waals surface area (Å²) in [5, 5.41) is 5.91. The molecule has 1 saturated heterocycles. The average Bonchev–Trinajstić information content (AvgIpc) is 2.90. The van der Waals surface area contributed by atoms with E-state index in [0.29, 0.717) is 12.4 Å². The van der Waals surface area contributed by atoms with Crippen molar-refractivity contribution in [1.82, 2.24) is 15.3 Å². The molecular weight excluding hydrogens is 352 g/mol. The molecule has 1 amide bonds. The van der Waals surface area contributed by atoms with Gasteiger partial charge in [-0.2, -0.15) is 0 Å². The Bertz CT molecular complexity index is 934. The summed E-state index contributed by atoms with van der Waals surface area (Å²) < 4.78 is 23.0. The number of aryl methyl sites for hydroxylation is 3. The largest absolute Gasteiger partial charge is 0.347 e. The van der Waals surface area contributed by atoms with Gasteiger partial charge in [0.05, 0.1) is 11.5 Å². The molecule has 1 fully saturated rings. The molecule has 2 N–H and O–H groups in total. The standard InChI is InChI=1S/C18H22N4O3S/c1-11-8-12(2)16(13(3)9-11)22-18-19-6-4-15(21-18)17(23)20-14-5-7-26(24,25)10-14/h4,6,8-9,14H,5,7,10H2,1-3H3,(H,20,23)(H,19,21,22). The van der Waals surface area contributed by atoms with Crippen LogP contribution in [0.2, 0.25) is 0 Å². The first-order valence-corrected chi connectivity index (χ1v) is 10.2. The number of aromatic nitrogens is 2. The maximum Gasteiger partial charge on any atom is 0.270 e. The van der Waals surface area contributed by atoms with E-state index < -0.39 is 15.7 Å². The summed E-state index contributed by atoms with van der Waals surface area (Å²) >= 11 is 0. The van der Waals surface area contributed by atoms with Gasteiger partial charge in [0, 0.05) is 17.9 Å². The van der Waals surface area contributed by atoms with Crippen molar-refractivity contribution in [2.24, 2.45) is 0 Å². The molecule has 0 aliphatic carbocycles. The van der Waals surface area contributed by atoms with E-state index in [1.807, 2.05) is 20.8 Å². The number of anilines is 2. The van der Waals surface area contributed by atoms with Crippen LogP contribution in [0.25, 0.3) is 0 Å². The lowest BCUT2D eigenvalue weighted by molar-refractivity contribution is 0.0936. The van der Waals surface area contributed by atoms with Crippen LogP contribution in [0.4, 0.5) is 11.6 Å². The van der Waals surface area contributed by atoms with Gasteiger partial charge in [0.25, 0.3) is 5.91 Å². The second-order valence-corrected chi connectivity index (χ2v) is 8.97. The minimum atomic E-state index is -3.05. The molecule has 1 unspecified atom stereocenters. The predicted molar refractivity (Wildman–Crippen MR) is 100 cm³/mol. The van der Waals surface area contributed by atoms with E-state index in [2.05, 4.69) is 32.7 Å². The minimum absolute atomic E-state index is 0.0172. The number of hydrogen-bond donors (Lipinski definition) is 2. The van der Waals surface area contributed by atoms with E-state index in [9.17, 15) is 13.2 Å². The van der Waals surface area contributed by atoms with Crippen LogP contribution in [-0.2, 0) is 9.84 Å². The Kier molecular flexibility index (Phi) is 4.95. The molecule has 0 bridgehead atoms. The number of rotatable bonds is 4. The fraction of sp³-hybridized carbons (Fsp3) is 0.389. The van der Waals surface area contributed by atoms with Crippen LogP contribution in [0.3, 0.4) is 0 Å². The first kappa shape index (κ1) is 18.3. The third-order valence-corrected chi connectivity index (χ3v) is 6.14. The van der Waals surface area contributed by atoms with E-state index in [-0.39, 0.29) is 23.2 Å². The van der Waals surface area contributed by atoms with Crippen LogP contribution < -0.4 is 10.6 Å². The molecule has 1 aliphatic heterocycles. The fourth-order valence-electron chi connectivity index (χ4n) is 3.20.